The summed E-state index contributed by atoms with van der Waals surface area (Å²) in [5.74, 6) is 1.53. The van der Waals surface area contributed by atoms with Gasteiger partial charge in [-0.05, 0) is 30.9 Å². The molecule has 0 saturated heterocycles. The van der Waals surface area contributed by atoms with Gasteiger partial charge in [-0.2, -0.15) is 0 Å². The highest BCUT2D eigenvalue weighted by atomic mass is 14.7. The maximum Gasteiger partial charge on any atom is 0.0387 e. The van der Waals surface area contributed by atoms with E-state index in [1.165, 1.54) is 6.42 Å². The summed E-state index contributed by atoms with van der Waals surface area (Å²) < 4.78 is 0. The highest BCUT2D eigenvalue weighted by Gasteiger charge is 1.91. The third kappa shape index (κ3) is 9.67. The van der Waals surface area contributed by atoms with Crippen molar-refractivity contribution in [3.05, 3.63) is 0 Å². The first-order chi connectivity index (χ1) is 5.13. The molecule has 0 aliphatic carbocycles. The number of aliphatic imine (C=N–C) groups is 1. The van der Waals surface area contributed by atoms with Crippen molar-refractivity contribution in [1.82, 2.24) is 0 Å². The van der Waals surface area contributed by atoms with Gasteiger partial charge in [-0.1, -0.05) is 27.7 Å². The van der Waals surface area contributed by atoms with Gasteiger partial charge in [0.15, 0.2) is 0 Å². The minimum absolute atomic E-state index is 0.748. The highest BCUT2D eigenvalue weighted by molar-refractivity contribution is 5.57. The molecule has 66 valence electrons. The molecule has 0 aromatic heterocycles. The van der Waals surface area contributed by atoms with Gasteiger partial charge in [-0.25, -0.2) is 0 Å². The van der Waals surface area contributed by atoms with Crippen LogP contribution in [-0.2, 0) is 0 Å². The lowest BCUT2D eigenvalue weighted by Gasteiger charge is -1.99. The molecule has 1 nitrogen and oxygen atoms in total. The lowest BCUT2D eigenvalue weighted by molar-refractivity contribution is 0.596. The molecule has 0 spiro atoms. The van der Waals surface area contributed by atoms with Gasteiger partial charge in [0.25, 0.3) is 0 Å². The number of nitrogens with zero attached hydrogens (tertiary/aromatic N) is 1. The Morgan fingerprint density at radius 3 is 2.18 bits per heavy atom. The Bertz CT molecular complexity index is 103. The molecule has 0 radical (unpaired) electrons. The van der Waals surface area contributed by atoms with E-state index in [9.17, 15) is 0 Å². The molecule has 0 atom stereocenters. The van der Waals surface area contributed by atoms with E-state index < -0.39 is 0 Å². The van der Waals surface area contributed by atoms with E-state index in [2.05, 4.69) is 38.9 Å². The fraction of sp³-hybridized carbons (Fsp3) is 0.900. The topological polar surface area (TPSA) is 12.4 Å². The average molecular weight is 155 g/mol. The summed E-state index contributed by atoms with van der Waals surface area (Å²) in [6.45, 7) is 9.91. The van der Waals surface area contributed by atoms with Gasteiger partial charge in [-0.15, -0.1) is 0 Å². The number of hydrogen-bond acceptors (Lipinski definition) is 1. The van der Waals surface area contributed by atoms with Crippen LogP contribution in [0.25, 0.3) is 0 Å². The van der Waals surface area contributed by atoms with Gasteiger partial charge in [0, 0.05) is 6.54 Å². The highest BCUT2D eigenvalue weighted by Crippen LogP contribution is 1.99. The molecule has 0 aliphatic rings. The Labute approximate surface area is 70.9 Å². The zero-order chi connectivity index (χ0) is 8.69. The monoisotopic (exact) mass is 155 g/mol. The first-order valence-corrected chi connectivity index (χ1v) is 4.61. The predicted octanol–water partition coefficient (Wildman–Crippen LogP) is 3.15. The molecule has 0 unspecified atom stereocenters. The van der Waals surface area contributed by atoms with Gasteiger partial charge in [0.2, 0.25) is 0 Å². The lowest BCUT2D eigenvalue weighted by Crippen LogP contribution is -1.92. The third-order valence-electron chi connectivity index (χ3n) is 1.54. The predicted molar refractivity (Wildman–Crippen MR) is 52.3 cm³/mol. The van der Waals surface area contributed by atoms with Crippen molar-refractivity contribution in [3.8, 4) is 0 Å². The molecule has 11 heavy (non-hydrogen) atoms. The Hall–Kier alpha value is -0.330. The summed E-state index contributed by atoms with van der Waals surface area (Å²) in [4.78, 5) is 4.33. The third-order valence-corrected chi connectivity index (χ3v) is 1.54. The van der Waals surface area contributed by atoms with E-state index in [0.29, 0.717) is 0 Å². The summed E-state index contributed by atoms with van der Waals surface area (Å²) in [7, 11) is 0. The van der Waals surface area contributed by atoms with E-state index in [0.717, 1.165) is 24.8 Å². The van der Waals surface area contributed by atoms with Crippen molar-refractivity contribution >= 4 is 6.21 Å². The van der Waals surface area contributed by atoms with Crippen LogP contribution in [0.3, 0.4) is 0 Å². The Kier molecular flexibility index (Phi) is 6.19. The molecule has 0 aliphatic heterocycles. The Morgan fingerprint density at radius 2 is 1.73 bits per heavy atom. The largest absolute Gasteiger partial charge is 0.298 e. The van der Waals surface area contributed by atoms with Crippen LogP contribution in [0.2, 0.25) is 0 Å². The first kappa shape index (κ1) is 10.7. The number of rotatable bonds is 5. The summed E-state index contributed by atoms with van der Waals surface area (Å²) >= 11 is 0. The molecule has 0 bridgehead atoms. The van der Waals surface area contributed by atoms with Crippen molar-refractivity contribution in [2.45, 2.75) is 40.5 Å². The smallest absolute Gasteiger partial charge is 0.0387 e. The second-order valence-electron chi connectivity index (χ2n) is 3.90. The van der Waals surface area contributed by atoms with Crippen LogP contribution in [0.1, 0.15) is 40.5 Å². The van der Waals surface area contributed by atoms with E-state index in [4.69, 9.17) is 0 Å². The Morgan fingerprint density at radius 1 is 1.09 bits per heavy atom. The van der Waals surface area contributed by atoms with Gasteiger partial charge in [0.05, 0.1) is 0 Å². The minimum Gasteiger partial charge on any atom is -0.298 e. The van der Waals surface area contributed by atoms with Gasteiger partial charge in [-0.3, -0.25) is 4.99 Å². The van der Waals surface area contributed by atoms with Crippen LogP contribution in [0.4, 0.5) is 0 Å². The molecule has 0 N–H and O–H groups in total. The molecule has 0 aromatic carbocycles. The molecular weight excluding hydrogens is 134 g/mol. The molecule has 0 rings (SSSR count). The first-order valence-electron chi connectivity index (χ1n) is 4.61. The van der Waals surface area contributed by atoms with Gasteiger partial charge >= 0.3 is 0 Å². The maximum atomic E-state index is 4.33. The van der Waals surface area contributed by atoms with Crippen molar-refractivity contribution in [2.24, 2.45) is 16.8 Å². The second kappa shape index (κ2) is 6.38. The molecule has 0 saturated carbocycles. The molecule has 0 aromatic rings. The summed E-state index contributed by atoms with van der Waals surface area (Å²) in [5, 5.41) is 0. The summed E-state index contributed by atoms with van der Waals surface area (Å²) in [5.41, 5.74) is 0. The van der Waals surface area contributed by atoms with Gasteiger partial charge < -0.3 is 0 Å². The molecular formula is C10H21N. The minimum atomic E-state index is 0.748. The summed E-state index contributed by atoms with van der Waals surface area (Å²) in [6, 6.07) is 0. The van der Waals surface area contributed by atoms with Crippen LogP contribution >= 0.6 is 0 Å². The molecule has 1 heteroatoms. The molecule has 0 heterocycles. The Balaban J connectivity index is 3.17. The summed E-state index contributed by atoms with van der Waals surface area (Å²) in [6.07, 6.45) is 4.40. The fourth-order valence-electron chi connectivity index (χ4n) is 0.709. The van der Waals surface area contributed by atoms with E-state index in [1.54, 1.807) is 0 Å². The van der Waals surface area contributed by atoms with Gasteiger partial charge in [0.1, 0.15) is 0 Å². The zero-order valence-electron chi connectivity index (χ0n) is 8.30. The maximum absolute atomic E-state index is 4.33. The van der Waals surface area contributed by atoms with E-state index in [1.807, 2.05) is 0 Å². The van der Waals surface area contributed by atoms with Crippen LogP contribution in [0.5, 0.6) is 0 Å². The molecule has 0 fully saturated rings. The lowest BCUT2D eigenvalue weighted by atomic mass is 10.1. The van der Waals surface area contributed by atoms with E-state index >= 15 is 0 Å². The quantitative estimate of drug-likeness (QED) is 0.541. The van der Waals surface area contributed by atoms with Crippen LogP contribution in [0, 0.1) is 11.8 Å². The second-order valence-corrected chi connectivity index (χ2v) is 3.90. The standard InChI is InChI=1S/C10H21N/c1-9(2)5-7-11-8-6-10(3)4/h7,9-10H,5-6,8H2,1-4H3/b11-7+. The van der Waals surface area contributed by atoms with E-state index in [-0.39, 0.29) is 0 Å². The SMILES string of the molecule is CC(C)C/C=N/CCC(C)C. The van der Waals surface area contributed by atoms with Crippen LogP contribution < -0.4 is 0 Å². The van der Waals surface area contributed by atoms with Crippen molar-refractivity contribution in [2.75, 3.05) is 6.54 Å². The van der Waals surface area contributed by atoms with Crippen LogP contribution in [-0.4, -0.2) is 12.8 Å². The van der Waals surface area contributed by atoms with Crippen LogP contribution in [0.15, 0.2) is 4.99 Å². The average Bonchev–Trinajstić information content (AvgIpc) is 1.85. The molecule has 0 amide bonds. The van der Waals surface area contributed by atoms with Crippen molar-refractivity contribution in [3.63, 3.8) is 0 Å². The normalized spacial score (nSPS) is 12.2. The zero-order valence-corrected chi connectivity index (χ0v) is 8.30. The fourth-order valence-corrected chi connectivity index (χ4v) is 0.709. The number of hydrogen-bond donors (Lipinski definition) is 0. The van der Waals surface area contributed by atoms with Crippen molar-refractivity contribution in [1.29, 1.82) is 0 Å². The van der Waals surface area contributed by atoms with Crippen molar-refractivity contribution < 1.29 is 0 Å².